The van der Waals surface area contributed by atoms with Gasteiger partial charge in [0, 0.05) is 29.5 Å². The van der Waals surface area contributed by atoms with E-state index in [0.717, 1.165) is 25.9 Å². The van der Waals surface area contributed by atoms with Crippen LogP contribution >= 0.6 is 27.3 Å². The number of amides is 1. The molecule has 0 aliphatic heterocycles. The number of nitrogen functional groups attached to an aromatic ring is 1. The number of halogens is 1. The van der Waals surface area contributed by atoms with E-state index in [-0.39, 0.29) is 5.91 Å². The Hall–Kier alpha value is -1.92. The third-order valence-corrected chi connectivity index (χ3v) is 4.97. The summed E-state index contributed by atoms with van der Waals surface area (Å²) in [6.07, 6.45) is 0. The number of pyridine rings is 1. The minimum Gasteiger partial charge on any atom is -0.397 e. The molecule has 0 saturated carbocycles. The van der Waals surface area contributed by atoms with E-state index in [4.69, 9.17) is 5.73 Å². The van der Waals surface area contributed by atoms with Gasteiger partial charge in [0.1, 0.15) is 9.71 Å². The summed E-state index contributed by atoms with van der Waals surface area (Å²) < 4.78 is 1.02. The Kier molecular flexibility index (Phi) is 3.88. The molecule has 0 aliphatic rings. The molecule has 112 valence electrons. The van der Waals surface area contributed by atoms with Gasteiger partial charge in [-0.15, -0.1) is 11.3 Å². The summed E-state index contributed by atoms with van der Waals surface area (Å²) in [7, 11) is 3.43. The van der Waals surface area contributed by atoms with E-state index >= 15 is 0 Å². The van der Waals surface area contributed by atoms with Crippen LogP contribution in [0.3, 0.4) is 0 Å². The Morgan fingerprint density at radius 1 is 1.18 bits per heavy atom. The lowest BCUT2D eigenvalue weighted by Crippen LogP contribution is -2.21. The van der Waals surface area contributed by atoms with E-state index in [1.165, 1.54) is 16.2 Å². The molecule has 2 heterocycles. The molecular weight excluding hydrogens is 362 g/mol. The highest BCUT2D eigenvalue weighted by molar-refractivity contribution is 9.10. The zero-order valence-corrected chi connectivity index (χ0v) is 14.5. The fraction of sp³-hybridized carbons (Fsp3) is 0.125. The number of thiophene rings is 1. The van der Waals surface area contributed by atoms with Crippen molar-refractivity contribution in [2.75, 3.05) is 19.8 Å². The van der Waals surface area contributed by atoms with Gasteiger partial charge in [0.25, 0.3) is 5.91 Å². The maximum atomic E-state index is 12.2. The van der Waals surface area contributed by atoms with Gasteiger partial charge >= 0.3 is 0 Å². The summed E-state index contributed by atoms with van der Waals surface area (Å²) in [5.41, 5.74) is 8.50. The van der Waals surface area contributed by atoms with E-state index in [1.807, 2.05) is 36.4 Å². The summed E-state index contributed by atoms with van der Waals surface area (Å²) in [6, 6.07) is 11.8. The Morgan fingerprint density at radius 3 is 2.50 bits per heavy atom. The minimum atomic E-state index is -0.0920. The van der Waals surface area contributed by atoms with Crippen LogP contribution in [0.4, 0.5) is 5.69 Å². The Balaban J connectivity index is 2.11. The average Bonchev–Trinajstić information content (AvgIpc) is 2.83. The second-order valence-corrected chi connectivity index (χ2v) is 7.02. The summed E-state index contributed by atoms with van der Waals surface area (Å²) >= 11 is 4.76. The zero-order valence-electron chi connectivity index (χ0n) is 12.1. The zero-order chi connectivity index (χ0) is 15.9. The van der Waals surface area contributed by atoms with Crippen molar-refractivity contribution in [3.63, 3.8) is 0 Å². The molecule has 0 spiro atoms. The molecule has 1 amide bonds. The highest BCUT2D eigenvalue weighted by Crippen LogP contribution is 2.34. The fourth-order valence-corrected chi connectivity index (χ4v) is 3.52. The molecule has 0 atom stereocenters. The lowest BCUT2D eigenvalue weighted by atomic mass is 10.1. The van der Waals surface area contributed by atoms with Crippen molar-refractivity contribution in [3.8, 4) is 11.3 Å². The number of rotatable bonds is 2. The van der Waals surface area contributed by atoms with Gasteiger partial charge < -0.3 is 10.6 Å². The number of anilines is 1. The van der Waals surface area contributed by atoms with Gasteiger partial charge in [-0.1, -0.05) is 28.1 Å². The van der Waals surface area contributed by atoms with E-state index in [1.54, 1.807) is 14.1 Å². The molecule has 0 unspecified atom stereocenters. The molecule has 22 heavy (non-hydrogen) atoms. The average molecular weight is 376 g/mol. The standard InChI is InChI=1S/C16H14BrN3OS/c1-20(2)16(21)14-13(18)11-7-8-12(19-15(11)22-14)9-3-5-10(17)6-4-9/h3-8H,18H2,1-2H3. The van der Waals surface area contributed by atoms with Crippen LogP contribution < -0.4 is 5.73 Å². The fourth-order valence-electron chi connectivity index (χ4n) is 2.14. The van der Waals surface area contributed by atoms with Crippen LogP contribution in [0.5, 0.6) is 0 Å². The van der Waals surface area contributed by atoms with Crippen LogP contribution in [0.25, 0.3) is 21.5 Å². The quantitative estimate of drug-likeness (QED) is 0.735. The van der Waals surface area contributed by atoms with Crippen LogP contribution in [-0.2, 0) is 0 Å². The SMILES string of the molecule is CN(C)C(=O)c1sc2nc(-c3ccc(Br)cc3)ccc2c1N. The summed E-state index contributed by atoms with van der Waals surface area (Å²) in [5.74, 6) is -0.0920. The summed E-state index contributed by atoms with van der Waals surface area (Å²) in [4.78, 5) is 19.6. The first-order valence-corrected chi connectivity index (χ1v) is 8.25. The summed E-state index contributed by atoms with van der Waals surface area (Å²) in [6.45, 7) is 0. The second-order valence-electron chi connectivity index (χ2n) is 5.10. The molecule has 3 rings (SSSR count). The molecule has 2 N–H and O–H groups in total. The monoisotopic (exact) mass is 375 g/mol. The molecule has 0 bridgehead atoms. The smallest absolute Gasteiger partial charge is 0.265 e. The molecule has 0 radical (unpaired) electrons. The van der Waals surface area contributed by atoms with Crippen LogP contribution in [-0.4, -0.2) is 29.9 Å². The third kappa shape index (κ3) is 2.60. The number of benzene rings is 1. The van der Waals surface area contributed by atoms with Crippen molar-refractivity contribution >= 4 is 49.1 Å². The highest BCUT2D eigenvalue weighted by atomic mass is 79.9. The van der Waals surface area contributed by atoms with Gasteiger partial charge in [-0.2, -0.15) is 0 Å². The first-order chi connectivity index (χ1) is 10.5. The Labute approximate surface area is 140 Å². The number of hydrogen-bond acceptors (Lipinski definition) is 4. The number of nitrogens with two attached hydrogens (primary N) is 1. The molecule has 2 aromatic heterocycles. The molecule has 0 aliphatic carbocycles. The Bertz CT molecular complexity index is 856. The Morgan fingerprint density at radius 2 is 1.86 bits per heavy atom. The first-order valence-electron chi connectivity index (χ1n) is 6.64. The van der Waals surface area contributed by atoms with Gasteiger partial charge in [0.2, 0.25) is 0 Å². The molecular formula is C16H14BrN3OS. The lowest BCUT2D eigenvalue weighted by molar-refractivity contribution is 0.0833. The van der Waals surface area contributed by atoms with E-state index in [2.05, 4.69) is 20.9 Å². The maximum Gasteiger partial charge on any atom is 0.265 e. The van der Waals surface area contributed by atoms with E-state index < -0.39 is 0 Å². The van der Waals surface area contributed by atoms with E-state index in [0.29, 0.717) is 10.6 Å². The van der Waals surface area contributed by atoms with Crippen LogP contribution in [0.1, 0.15) is 9.67 Å². The predicted octanol–water partition coefficient (Wildman–Crippen LogP) is 4.01. The molecule has 3 aromatic rings. The number of fused-ring (bicyclic) bond motifs is 1. The number of nitrogens with zero attached hydrogens (tertiary/aromatic N) is 2. The summed E-state index contributed by atoms with van der Waals surface area (Å²) in [5, 5.41) is 0.830. The topological polar surface area (TPSA) is 59.2 Å². The lowest BCUT2D eigenvalue weighted by Gasteiger charge is -2.08. The van der Waals surface area contributed by atoms with Gasteiger partial charge in [-0.05, 0) is 24.3 Å². The van der Waals surface area contributed by atoms with Gasteiger partial charge in [0.05, 0.1) is 11.4 Å². The van der Waals surface area contributed by atoms with Crippen molar-refractivity contribution in [2.45, 2.75) is 0 Å². The first kappa shape index (κ1) is 15.0. The number of hydrogen-bond donors (Lipinski definition) is 1. The number of aromatic nitrogens is 1. The normalized spacial score (nSPS) is 10.9. The molecule has 0 fully saturated rings. The van der Waals surface area contributed by atoms with Crippen molar-refractivity contribution < 1.29 is 4.79 Å². The molecule has 4 nitrogen and oxygen atoms in total. The minimum absolute atomic E-state index is 0.0920. The number of carbonyl (C=O) groups excluding carboxylic acids is 1. The molecule has 0 saturated heterocycles. The van der Waals surface area contributed by atoms with Crippen LogP contribution in [0.2, 0.25) is 0 Å². The molecule has 1 aromatic carbocycles. The maximum absolute atomic E-state index is 12.2. The van der Waals surface area contributed by atoms with Crippen molar-refractivity contribution in [3.05, 3.63) is 45.7 Å². The predicted molar refractivity (Wildman–Crippen MR) is 95.2 cm³/mol. The third-order valence-electron chi connectivity index (χ3n) is 3.33. The van der Waals surface area contributed by atoms with Crippen molar-refractivity contribution in [1.82, 2.24) is 9.88 Å². The van der Waals surface area contributed by atoms with Crippen LogP contribution in [0, 0.1) is 0 Å². The molecule has 6 heteroatoms. The number of carbonyl (C=O) groups is 1. The van der Waals surface area contributed by atoms with Crippen LogP contribution in [0.15, 0.2) is 40.9 Å². The van der Waals surface area contributed by atoms with Gasteiger partial charge in [-0.25, -0.2) is 4.98 Å². The van der Waals surface area contributed by atoms with Gasteiger partial charge in [-0.3, -0.25) is 4.79 Å². The largest absolute Gasteiger partial charge is 0.397 e. The van der Waals surface area contributed by atoms with E-state index in [9.17, 15) is 4.79 Å². The second kappa shape index (κ2) is 5.70. The van der Waals surface area contributed by atoms with Crippen molar-refractivity contribution in [1.29, 1.82) is 0 Å². The highest BCUT2D eigenvalue weighted by Gasteiger charge is 2.18. The van der Waals surface area contributed by atoms with Crippen molar-refractivity contribution in [2.24, 2.45) is 0 Å². The van der Waals surface area contributed by atoms with Gasteiger partial charge in [0.15, 0.2) is 0 Å².